The molecule has 0 unspecified atom stereocenters. The average molecular weight is 554 g/mol. The van der Waals surface area contributed by atoms with Gasteiger partial charge in [0.15, 0.2) is 28.8 Å². The van der Waals surface area contributed by atoms with Crippen LogP contribution in [0.5, 0.6) is 23.0 Å². The topological polar surface area (TPSA) is 84.2 Å². The van der Waals surface area contributed by atoms with Gasteiger partial charge in [0.1, 0.15) is 6.61 Å². The Bertz CT molecular complexity index is 1790. The zero-order valence-corrected chi connectivity index (χ0v) is 22.3. The minimum atomic E-state index is -0.277. The third-order valence-electron chi connectivity index (χ3n) is 6.26. The summed E-state index contributed by atoms with van der Waals surface area (Å²) in [7, 11) is 0. The maximum absolute atomic E-state index is 13.4. The first-order chi connectivity index (χ1) is 19.6. The first-order valence-electron chi connectivity index (χ1n) is 12.7. The van der Waals surface area contributed by atoms with Crippen molar-refractivity contribution in [1.82, 2.24) is 9.66 Å². The van der Waals surface area contributed by atoms with Gasteiger partial charge < -0.3 is 18.9 Å². The van der Waals surface area contributed by atoms with E-state index in [1.165, 1.54) is 4.68 Å². The van der Waals surface area contributed by atoms with E-state index in [2.05, 4.69) is 5.10 Å². The van der Waals surface area contributed by atoms with Crippen LogP contribution in [-0.4, -0.2) is 29.3 Å². The van der Waals surface area contributed by atoms with Crippen LogP contribution in [0.1, 0.15) is 18.1 Å². The van der Waals surface area contributed by atoms with Gasteiger partial charge in [0.2, 0.25) is 6.79 Å². The highest BCUT2D eigenvalue weighted by Crippen LogP contribution is 2.38. The summed E-state index contributed by atoms with van der Waals surface area (Å²) in [6.45, 7) is 2.74. The van der Waals surface area contributed by atoms with E-state index in [9.17, 15) is 4.79 Å². The van der Waals surface area contributed by atoms with Gasteiger partial charge in [-0.25, -0.2) is 4.98 Å². The molecule has 1 aliphatic rings. The van der Waals surface area contributed by atoms with Crippen LogP contribution in [0, 0.1) is 0 Å². The molecule has 200 valence electrons. The minimum absolute atomic E-state index is 0.206. The van der Waals surface area contributed by atoms with Crippen molar-refractivity contribution >= 4 is 28.7 Å². The Morgan fingerprint density at radius 3 is 2.62 bits per heavy atom. The fraction of sp³-hybridized carbons (Fsp3) is 0.129. The van der Waals surface area contributed by atoms with E-state index < -0.39 is 0 Å². The predicted octanol–water partition coefficient (Wildman–Crippen LogP) is 6.31. The van der Waals surface area contributed by atoms with E-state index >= 15 is 0 Å². The molecule has 0 spiro atoms. The number of aromatic nitrogens is 2. The van der Waals surface area contributed by atoms with Gasteiger partial charge in [0.25, 0.3) is 5.56 Å². The molecule has 6 rings (SSSR count). The molecular weight excluding hydrogens is 530 g/mol. The van der Waals surface area contributed by atoms with Crippen molar-refractivity contribution in [3.8, 4) is 34.4 Å². The molecule has 1 aliphatic heterocycles. The highest BCUT2D eigenvalue weighted by Gasteiger charge is 2.17. The van der Waals surface area contributed by atoms with Crippen LogP contribution >= 0.6 is 11.6 Å². The second kappa shape index (κ2) is 11.1. The number of hydrogen-bond acceptors (Lipinski definition) is 7. The number of hydrogen-bond donors (Lipinski definition) is 0. The van der Waals surface area contributed by atoms with Crippen molar-refractivity contribution in [3.05, 3.63) is 111 Å². The molecule has 2 heterocycles. The summed E-state index contributed by atoms with van der Waals surface area (Å²) < 4.78 is 24.0. The van der Waals surface area contributed by atoms with Crippen molar-refractivity contribution in [3.63, 3.8) is 0 Å². The zero-order chi connectivity index (χ0) is 27.5. The monoisotopic (exact) mass is 553 g/mol. The van der Waals surface area contributed by atoms with Gasteiger partial charge in [-0.3, -0.25) is 4.79 Å². The summed E-state index contributed by atoms with van der Waals surface area (Å²) in [4.78, 5) is 18.2. The van der Waals surface area contributed by atoms with Crippen molar-refractivity contribution in [2.24, 2.45) is 5.10 Å². The second-order valence-corrected chi connectivity index (χ2v) is 9.33. The summed E-state index contributed by atoms with van der Waals surface area (Å²) in [6.07, 6.45) is 1.56. The van der Waals surface area contributed by atoms with Crippen LogP contribution in [0.15, 0.2) is 94.8 Å². The molecule has 0 bridgehead atoms. The highest BCUT2D eigenvalue weighted by atomic mass is 35.5. The lowest BCUT2D eigenvalue weighted by molar-refractivity contribution is 0.174. The maximum atomic E-state index is 13.4. The van der Waals surface area contributed by atoms with E-state index in [-0.39, 0.29) is 19.0 Å². The summed E-state index contributed by atoms with van der Waals surface area (Å²) in [5.74, 6) is 2.69. The molecule has 5 aromatic rings. The van der Waals surface area contributed by atoms with Crippen molar-refractivity contribution in [2.45, 2.75) is 13.5 Å². The molecule has 4 aromatic carbocycles. The average Bonchev–Trinajstić information content (AvgIpc) is 3.45. The Balaban J connectivity index is 1.34. The third-order valence-corrected chi connectivity index (χ3v) is 6.54. The van der Waals surface area contributed by atoms with Gasteiger partial charge >= 0.3 is 0 Å². The largest absolute Gasteiger partial charge is 0.490 e. The van der Waals surface area contributed by atoms with E-state index in [1.807, 2.05) is 67.6 Å². The Labute approximate surface area is 235 Å². The first kappa shape index (κ1) is 25.5. The van der Waals surface area contributed by atoms with Gasteiger partial charge in [-0.1, -0.05) is 60.1 Å². The van der Waals surface area contributed by atoms with Crippen molar-refractivity contribution in [2.75, 3.05) is 13.4 Å². The molecule has 0 fully saturated rings. The van der Waals surface area contributed by atoms with Gasteiger partial charge in [-0.15, -0.1) is 0 Å². The van der Waals surface area contributed by atoms with Gasteiger partial charge in [0, 0.05) is 5.56 Å². The fourth-order valence-electron chi connectivity index (χ4n) is 4.38. The predicted molar refractivity (Wildman–Crippen MR) is 154 cm³/mol. The molecule has 0 aliphatic carbocycles. The van der Waals surface area contributed by atoms with Crippen LogP contribution in [0.2, 0.25) is 5.02 Å². The molecule has 0 radical (unpaired) electrons. The van der Waals surface area contributed by atoms with E-state index in [0.29, 0.717) is 56.9 Å². The second-order valence-electron chi connectivity index (χ2n) is 8.92. The lowest BCUT2D eigenvalue weighted by Crippen LogP contribution is -2.20. The standard InChI is InChI=1S/C31H24ClN3O5/c1-2-37-28-16-21(14-24(32)29(28)38-18-20-12-13-26-27(15-20)40-19-39-26)17-33-35-30(22-8-4-3-5-9-22)34-25-11-7-6-10-23(25)31(35)36/h3-17H,2,18-19H2,1H3. The van der Waals surface area contributed by atoms with Gasteiger partial charge in [-0.05, 0) is 54.4 Å². The Morgan fingerprint density at radius 1 is 0.975 bits per heavy atom. The summed E-state index contributed by atoms with van der Waals surface area (Å²) >= 11 is 6.66. The Hall–Kier alpha value is -4.82. The molecule has 0 saturated heterocycles. The molecule has 0 saturated carbocycles. The number of ether oxygens (including phenoxy) is 4. The summed E-state index contributed by atoms with van der Waals surface area (Å²) in [5.41, 5.74) is 2.61. The fourth-order valence-corrected chi connectivity index (χ4v) is 4.65. The minimum Gasteiger partial charge on any atom is -0.490 e. The molecule has 0 atom stereocenters. The van der Waals surface area contributed by atoms with Crippen LogP contribution < -0.4 is 24.5 Å². The smallest absolute Gasteiger partial charge is 0.282 e. The lowest BCUT2D eigenvalue weighted by Gasteiger charge is -2.15. The van der Waals surface area contributed by atoms with Crippen molar-refractivity contribution < 1.29 is 18.9 Å². The third kappa shape index (κ3) is 5.09. The molecule has 8 nitrogen and oxygen atoms in total. The van der Waals surface area contributed by atoms with Gasteiger partial charge in [0.05, 0.1) is 28.7 Å². The summed E-state index contributed by atoms with van der Waals surface area (Å²) in [5, 5.41) is 5.36. The molecule has 9 heteroatoms. The summed E-state index contributed by atoms with van der Waals surface area (Å²) in [6, 6.07) is 25.8. The zero-order valence-electron chi connectivity index (χ0n) is 21.5. The quantitative estimate of drug-likeness (QED) is 0.209. The molecular formula is C31H24ClN3O5. The molecule has 1 aromatic heterocycles. The normalized spacial score (nSPS) is 12.2. The number of halogens is 1. The molecule has 40 heavy (non-hydrogen) atoms. The number of fused-ring (bicyclic) bond motifs is 2. The van der Waals surface area contributed by atoms with E-state index in [0.717, 1.165) is 11.1 Å². The first-order valence-corrected chi connectivity index (χ1v) is 13.1. The number of benzene rings is 4. The van der Waals surface area contributed by atoms with Gasteiger partial charge in [-0.2, -0.15) is 9.78 Å². The molecule has 0 N–H and O–H groups in total. The number of nitrogens with zero attached hydrogens (tertiary/aromatic N) is 3. The Kier molecular flexibility index (Phi) is 7.08. The van der Waals surface area contributed by atoms with Crippen LogP contribution in [0.3, 0.4) is 0 Å². The Morgan fingerprint density at radius 2 is 1.77 bits per heavy atom. The maximum Gasteiger partial charge on any atom is 0.282 e. The van der Waals surface area contributed by atoms with Crippen LogP contribution in [-0.2, 0) is 6.61 Å². The van der Waals surface area contributed by atoms with Crippen molar-refractivity contribution in [1.29, 1.82) is 0 Å². The van der Waals surface area contributed by atoms with E-state index in [4.69, 9.17) is 35.5 Å². The molecule has 0 amide bonds. The van der Waals surface area contributed by atoms with Crippen LogP contribution in [0.25, 0.3) is 22.3 Å². The highest BCUT2D eigenvalue weighted by molar-refractivity contribution is 6.32. The van der Waals surface area contributed by atoms with E-state index in [1.54, 1.807) is 30.5 Å². The van der Waals surface area contributed by atoms with Crippen LogP contribution in [0.4, 0.5) is 0 Å². The lowest BCUT2D eigenvalue weighted by atomic mass is 10.2. The number of rotatable bonds is 8. The number of para-hydroxylation sites is 1. The SMILES string of the molecule is CCOc1cc(C=Nn2c(-c3ccccc3)nc3ccccc3c2=O)cc(Cl)c1OCc1ccc2c(c1)OCO2.